The third kappa shape index (κ3) is 4.50. The fraction of sp³-hybridized carbons (Fsp3) is 0.304. The van der Waals surface area contributed by atoms with E-state index in [1.54, 1.807) is 55.6 Å². The fourth-order valence-corrected chi connectivity index (χ4v) is 3.74. The van der Waals surface area contributed by atoms with Gasteiger partial charge < -0.3 is 19.5 Å². The van der Waals surface area contributed by atoms with Crippen LogP contribution in [0.3, 0.4) is 0 Å². The standard InChI is InChI=1S/C23H24ClNO5/c1-3-30-18-10-8-15(9-11-18)21(26)19-20(16-6-4-7-17(24)14-16)25(12-5-13-29-2)23(28)22(19)27/h4,6-11,14,20,26H,3,5,12-13H2,1-2H3. The third-order valence-electron chi connectivity index (χ3n) is 4.89. The molecule has 0 aromatic heterocycles. The van der Waals surface area contributed by atoms with Crippen LogP contribution in [0.1, 0.15) is 30.5 Å². The molecule has 0 aliphatic carbocycles. The molecule has 158 valence electrons. The second-order valence-corrected chi connectivity index (χ2v) is 7.29. The lowest BCUT2D eigenvalue weighted by atomic mass is 9.95. The summed E-state index contributed by atoms with van der Waals surface area (Å²) in [5.74, 6) is -0.941. The number of likely N-dealkylation sites (tertiary alicyclic amines) is 1. The highest BCUT2D eigenvalue weighted by Gasteiger charge is 2.45. The van der Waals surface area contributed by atoms with Crippen LogP contribution in [-0.4, -0.2) is 48.6 Å². The molecule has 0 bridgehead atoms. The molecular weight excluding hydrogens is 406 g/mol. The topological polar surface area (TPSA) is 76.1 Å². The zero-order valence-corrected chi connectivity index (χ0v) is 17.7. The molecule has 0 spiro atoms. The van der Waals surface area contributed by atoms with Crippen molar-refractivity contribution in [3.05, 3.63) is 70.3 Å². The minimum Gasteiger partial charge on any atom is -0.507 e. The van der Waals surface area contributed by atoms with Crippen molar-refractivity contribution in [1.29, 1.82) is 0 Å². The van der Waals surface area contributed by atoms with Crippen LogP contribution < -0.4 is 4.74 Å². The minimum absolute atomic E-state index is 0.0452. The Balaban J connectivity index is 2.07. The zero-order valence-electron chi connectivity index (χ0n) is 16.9. The number of carbonyl (C=O) groups is 2. The first-order valence-corrected chi connectivity index (χ1v) is 10.1. The number of nitrogens with zero attached hydrogens (tertiary/aromatic N) is 1. The van der Waals surface area contributed by atoms with E-state index < -0.39 is 17.7 Å². The molecule has 1 atom stereocenters. The van der Waals surface area contributed by atoms with E-state index in [1.807, 2.05) is 6.92 Å². The fourth-order valence-electron chi connectivity index (χ4n) is 3.54. The van der Waals surface area contributed by atoms with Crippen LogP contribution >= 0.6 is 11.6 Å². The summed E-state index contributed by atoms with van der Waals surface area (Å²) >= 11 is 6.16. The molecule has 0 saturated carbocycles. The Morgan fingerprint density at radius 1 is 1.17 bits per heavy atom. The lowest BCUT2D eigenvalue weighted by Gasteiger charge is -2.25. The van der Waals surface area contributed by atoms with Gasteiger partial charge in [0.25, 0.3) is 11.7 Å². The average Bonchev–Trinajstić information content (AvgIpc) is 2.99. The quantitative estimate of drug-likeness (QED) is 0.294. The third-order valence-corrected chi connectivity index (χ3v) is 5.13. The van der Waals surface area contributed by atoms with Crippen molar-refractivity contribution in [2.24, 2.45) is 0 Å². The Kier molecular flexibility index (Phi) is 7.13. The molecular formula is C23H24ClNO5. The number of hydrogen-bond acceptors (Lipinski definition) is 5. The van der Waals surface area contributed by atoms with Crippen LogP contribution in [-0.2, 0) is 14.3 Å². The molecule has 7 heteroatoms. The number of benzene rings is 2. The van der Waals surface area contributed by atoms with Gasteiger partial charge in [0.05, 0.1) is 18.2 Å². The average molecular weight is 430 g/mol. The van der Waals surface area contributed by atoms with Crippen molar-refractivity contribution in [3.63, 3.8) is 0 Å². The largest absolute Gasteiger partial charge is 0.507 e. The van der Waals surface area contributed by atoms with Crippen LogP contribution in [0, 0.1) is 0 Å². The number of amides is 1. The minimum atomic E-state index is -0.730. The molecule has 1 amide bonds. The molecule has 6 nitrogen and oxygen atoms in total. The van der Waals surface area contributed by atoms with Crippen molar-refractivity contribution in [2.45, 2.75) is 19.4 Å². The van der Waals surface area contributed by atoms with Crippen LogP contribution in [0.5, 0.6) is 5.75 Å². The van der Waals surface area contributed by atoms with E-state index in [0.29, 0.717) is 48.1 Å². The molecule has 1 saturated heterocycles. The van der Waals surface area contributed by atoms with Gasteiger partial charge in [-0.05, 0) is 55.3 Å². The van der Waals surface area contributed by atoms with Crippen molar-refractivity contribution < 1.29 is 24.2 Å². The number of ether oxygens (including phenoxy) is 2. The van der Waals surface area contributed by atoms with Crippen LogP contribution in [0.15, 0.2) is 54.1 Å². The number of ketones is 1. The molecule has 0 radical (unpaired) electrons. The first kappa shape index (κ1) is 21.9. The summed E-state index contributed by atoms with van der Waals surface area (Å²) in [7, 11) is 1.58. The maximum absolute atomic E-state index is 12.9. The SMILES string of the molecule is CCOc1ccc(C(O)=C2C(=O)C(=O)N(CCCOC)C2c2cccc(Cl)c2)cc1. The van der Waals surface area contributed by atoms with Gasteiger partial charge in [0, 0.05) is 30.8 Å². The first-order valence-electron chi connectivity index (χ1n) is 9.74. The summed E-state index contributed by atoms with van der Waals surface area (Å²) in [5, 5.41) is 11.5. The Morgan fingerprint density at radius 3 is 2.53 bits per heavy atom. The van der Waals surface area contributed by atoms with E-state index in [2.05, 4.69) is 0 Å². The molecule has 2 aromatic rings. The predicted molar refractivity (Wildman–Crippen MR) is 115 cm³/mol. The van der Waals surface area contributed by atoms with Gasteiger partial charge in [0.1, 0.15) is 11.5 Å². The van der Waals surface area contributed by atoms with Crippen molar-refractivity contribution in [3.8, 4) is 5.75 Å². The van der Waals surface area contributed by atoms with E-state index in [4.69, 9.17) is 21.1 Å². The number of aliphatic hydroxyl groups excluding tert-OH is 1. The predicted octanol–water partition coefficient (Wildman–Crippen LogP) is 4.20. The van der Waals surface area contributed by atoms with E-state index in [0.717, 1.165) is 0 Å². The van der Waals surface area contributed by atoms with Crippen molar-refractivity contribution in [1.82, 2.24) is 4.90 Å². The summed E-state index contributed by atoms with van der Waals surface area (Å²) in [5.41, 5.74) is 1.14. The van der Waals surface area contributed by atoms with Crippen molar-refractivity contribution in [2.75, 3.05) is 26.9 Å². The molecule has 3 rings (SSSR count). The lowest BCUT2D eigenvalue weighted by Crippen LogP contribution is -2.31. The van der Waals surface area contributed by atoms with Crippen LogP contribution in [0.25, 0.3) is 5.76 Å². The first-order chi connectivity index (χ1) is 14.5. The van der Waals surface area contributed by atoms with Gasteiger partial charge in [0.15, 0.2) is 0 Å². The zero-order chi connectivity index (χ0) is 21.7. The Hall–Kier alpha value is -2.83. The number of hydrogen-bond donors (Lipinski definition) is 1. The van der Waals surface area contributed by atoms with E-state index >= 15 is 0 Å². The Labute approximate surface area is 180 Å². The van der Waals surface area contributed by atoms with Gasteiger partial charge >= 0.3 is 0 Å². The summed E-state index contributed by atoms with van der Waals surface area (Å²) in [6.07, 6.45) is 0.559. The normalized spacial score (nSPS) is 18.1. The number of rotatable bonds is 8. The lowest BCUT2D eigenvalue weighted by molar-refractivity contribution is -0.140. The molecule has 30 heavy (non-hydrogen) atoms. The molecule has 1 fully saturated rings. The Morgan fingerprint density at radius 2 is 1.90 bits per heavy atom. The van der Waals surface area contributed by atoms with E-state index in [9.17, 15) is 14.7 Å². The summed E-state index contributed by atoms with van der Waals surface area (Å²) in [6, 6.07) is 13.0. The van der Waals surface area contributed by atoms with Crippen LogP contribution in [0.2, 0.25) is 5.02 Å². The number of aliphatic hydroxyl groups is 1. The highest BCUT2D eigenvalue weighted by molar-refractivity contribution is 6.46. The number of halogens is 1. The smallest absolute Gasteiger partial charge is 0.295 e. The second-order valence-electron chi connectivity index (χ2n) is 6.85. The molecule has 1 N–H and O–H groups in total. The number of carbonyl (C=O) groups excluding carboxylic acids is 2. The maximum Gasteiger partial charge on any atom is 0.295 e. The van der Waals surface area contributed by atoms with Crippen LogP contribution in [0.4, 0.5) is 0 Å². The van der Waals surface area contributed by atoms with Gasteiger partial charge in [-0.25, -0.2) is 0 Å². The van der Waals surface area contributed by atoms with Gasteiger partial charge in [-0.1, -0.05) is 23.7 Å². The molecule has 1 aliphatic heterocycles. The Bertz CT molecular complexity index is 954. The van der Waals surface area contributed by atoms with Crippen molar-refractivity contribution >= 4 is 29.1 Å². The van der Waals surface area contributed by atoms with Gasteiger partial charge in [-0.2, -0.15) is 0 Å². The highest BCUT2D eigenvalue weighted by atomic mass is 35.5. The molecule has 1 aliphatic rings. The number of methoxy groups -OCH3 is 1. The monoisotopic (exact) mass is 429 g/mol. The van der Waals surface area contributed by atoms with Gasteiger partial charge in [0.2, 0.25) is 0 Å². The summed E-state index contributed by atoms with van der Waals surface area (Å²) in [4.78, 5) is 27.2. The van der Waals surface area contributed by atoms with E-state index in [1.165, 1.54) is 4.90 Å². The second kappa shape index (κ2) is 9.78. The highest BCUT2D eigenvalue weighted by Crippen LogP contribution is 2.40. The van der Waals surface area contributed by atoms with Gasteiger partial charge in [-0.3, -0.25) is 9.59 Å². The number of Topliss-reactive ketones (excluding diaryl/α,β-unsaturated/α-hetero) is 1. The summed E-state index contributed by atoms with van der Waals surface area (Å²) < 4.78 is 10.5. The summed E-state index contributed by atoms with van der Waals surface area (Å²) in [6.45, 7) is 3.16. The molecule has 1 heterocycles. The van der Waals surface area contributed by atoms with Gasteiger partial charge in [-0.15, -0.1) is 0 Å². The maximum atomic E-state index is 12.9. The van der Waals surface area contributed by atoms with E-state index in [-0.39, 0.29) is 11.3 Å². The molecule has 1 unspecified atom stereocenters. The molecule has 2 aromatic carbocycles.